The number of aliphatic hydroxyl groups excluding tert-OH is 4. The zero-order chi connectivity index (χ0) is 28.9. The zero-order valence-corrected chi connectivity index (χ0v) is 21.2. The number of phenolic OH excluding ortho intramolecular Hbond substituents is 4. The van der Waals surface area contributed by atoms with Gasteiger partial charge in [-0.15, -0.1) is 0 Å². The maximum absolute atomic E-state index is 13.5. The van der Waals surface area contributed by atoms with Gasteiger partial charge in [0.05, 0.1) is 12.2 Å². The Morgan fingerprint density at radius 3 is 2.02 bits per heavy atom. The quantitative estimate of drug-likeness (QED) is 0.180. The number of aliphatic hydroxyl groups is 4. The first-order chi connectivity index (χ1) is 19.0. The Kier molecular flexibility index (Phi) is 7.17. The summed E-state index contributed by atoms with van der Waals surface area (Å²) in [6, 6.07) is 12.8. The summed E-state index contributed by atoms with van der Waals surface area (Å²) in [7, 11) is 0. The average Bonchev–Trinajstić information content (AvgIpc) is 2.93. The van der Waals surface area contributed by atoms with Crippen LogP contribution in [0, 0.1) is 0 Å². The van der Waals surface area contributed by atoms with Crippen molar-refractivity contribution in [2.45, 2.75) is 43.4 Å². The lowest BCUT2D eigenvalue weighted by atomic mass is 9.84. The topological polar surface area (TPSA) is 201 Å². The molecule has 0 bridgehead atoms. The molecule has 0 radical (unpaired) electrons. The van der Waals surface area contributed by atoms with Crippen molar-refractivity contribution in [1.82, 2.24) is 0 Å². The van der Waals surface area contributed by atoms with E-state index in [2.05, 4.69) is 0 Å². The molecular weight excluding hydrogens is 524 g/mol. The van der Waals surface area contributed by atoms with Gasteiger partial charge in [-0.1, -0.05) is 19.1 Å². The summed E-state index contributed by atoms with van der Waals surface area (Å²) >= 11 is 0. The maximum Gasteiger partial charge on any atom is 0.197 e. The Labute approximate surface area is 227 Å². The van der Waals surface area contributed by atoms with Crippen molar-refractivity contribution in [2.24, 2.45) is 0 Å². The first-order valence-electron chi connectivity index (χ1n) is 12.5. The molecular formula is C29H28O11. The fourth-order valence-corrected chi connectivity index (χ4v) is 5.12. The number of hydrogen-bond acceptors (Lipinski definition) is 11. The molecule has 0 amide bonds. The molecule has 1 aliphatic heterocycles. The first kappa shape index (κ1) is 27.4. The van der Waals surface area contributed by atoms with Crippen LogP contribution in [0.4, 0.5) is 0 Å². The summed E-state index contributed by atoms with van der Waals surface area (Å²) in [5.74, 6) is -2.00. The second-order valence-corrected chi connectivity index (χ2v) is 9.81. The van der Waals surface area contributed by atoms with E-state index in [0.29, 0.717) is 11.1 Å². The van der Waals surface area contributed by atoms with Gasteiger partial charge in [-0.05, 0) is 42.0 Å². The summed E-state index contributed by atoms with van der Waals surface area (Å²) in [6.45, 7) is 0.897. The highest BCUT2D eigenvalue weighted by Gasteiger charge is 2.46. The molecule has 5 rings (SSSR count). The molecule has 0 saturated carbocycles. The molecule has 3 aromatic carbocycles. The van der Waals surface area contributed by atoms with E-state index in [4.69, 9.17) is 9.15 Å². The second kappa shape index (κ2) is 10.5. The lowest BCUT2D eigenvalue weighted by molar-refractivity contribution is -0.231. The summed E-state index contributed by atoms with van der Waals surface area (Å²) in [5.41, 5.74) is -0.536. The number of aromatic hydroxyl groups is 4. The molecule has 2 heterocycles. The second-order valence-electron chi connectivity index (χ2n) is 9.81. The third-order valence-corrected chi connectivity index (χ3v) is 7.35. The Morgan fingerprint density at radius 1 is 0.825 bits per heavy atom. The zero-order valence-electron chi connectivity index (χ0n) is 21.2. The first-order valence-corrected chi connectivity index (χ1v) is 12.5. The van der Waals surface area contributed by atoms with Gasteiger partial charge in [-0.3, -0.25) is 4.79 Å². The third-order valence-electron chi connectivity index (χ3n) is 7.35. The van der Waals surface area contributed by atoms with Crippen molar-refractivity contribution in [3.05, 3.63) is 81.5 Å². The average molecular weight is 553 g/mol. The number of benzene rings is 3. The van der Waals surface area contributed by atoms with Crippen LogP contribution >= 0.6 is 0 Å². The highest BCUT2D eigenvalue weighted by Crippen LogP contribution is 2.49. The normalized spacial score (nSPS) is 23.8. The van der Waals surface area contributed by atoms with E-state index < -0.39 is 60.0 Å². The molecule has 11 nitrogen and oxygen atoms in total. The van der Waals surface area contributed by atoms with Crippen LogP contribution in [0.25, 0.3) is 22.3 Å². The Bertz CT molecular complexity index is 1590. The molecule has 4 aromatic rings. The molecule has 0 aliphatic carbocycles. The summed E-state index contributed by atoms with van der Waals surface area (Å²) < 4.78 is 11.7. The lowest BCUT2D eigenvalue weighted by Gasteiger charge is -2.40. The molecule has 8 N–H and O–H groups in total. The molecule has 210 valence electrons. The molecule has 1 saturated heterocycles. The molecule has 6 atom stereocenters. The monoisotopic (exact) mass is 552 g/mol. The van der Waals surface area contributed by atoms with Gasteiger partial charge in [0.25, 0.3) is 0 Å². The van der Waals surface area contributed by atoms with Crippen LogP contribution in [0.1, 0.15) is 35.6 Å². The van der Waals surface area contributed by atoms with E-state index in [0.717, 1.165) is 6.07 Å². The van der Waals surface area contributed by atoms with E-state index >= 15 is 0 Å². The van der Waals surface area contributed by atoms with Crippen molar-refractivity contribution >= 4 is 11.0 Å². The molecule has 40 heavy (non-hydrogen) atoms. The number of phenols is 4. The number of ether oxygens (including phenoxy) is 1. The fraction of sp³-hybridized carbons (Fsp3) is 0.276. The summed E-state index contributed by atoms with van der Waals surface area (Å²) in [6.07, 6.45) is -8.27. The molecule has 1 aliphatic rings. The molecule has 1 aromatic heterocycles. The minimum atomic E-state index is -1.84. The molecule has 11 heteroatoms. The van der Waals surface area contributed by atoms with Crippen molar-refractivity contribution < 1.29 is 50.0 Å². The van der Waals surface area contributed by atoms with Crippen LogP contribution in [-0.4, -0.2) is 71.9 Å². The molecule has 0 spiro atoms. The number of rotatable bonds is 5. The maximum atomic E-state index is 13.5. The largest absolute Gasteiger partial charge is 0.508 e. The van der Waals surface area contributed by atoms with Crippen molar-refractivity contribution in [2.75, 3.05) is 6.61 Å². The smallest absolute Gasteiger partial charge is 0.197 e. The van der Waals surface area contributed by atoms with Gasteiger partial charge >= 0.3 is 0 Å². The molecule has 0 unspecified atom stereocenters. The van der Waals surface area contributed by atoms with Crippen LogP contribution in [0.15, 0.2) is 63.8 Å². The van der Waals surface area contributed by atoms with Gasteiger partial charge in [0, 0.05) is 23.1 Å². The minimum Gasteiger partial charge on any atom is -0.508 e. The SMILES string of the molecule is C[C@@H](c1ccc(O)cc1)c1c(O)c([C@@H]2O[C@H](CO)[C@H](O)[C@H](O)[C@H]2O)c2oc(-c3ccc(O)cc3)cc(=O)c2c1O. The van der Waals surface area contributed by atoms with Gasteiger partial charge < -0.3 is 50.0 Å². The van der Waals surface area contributed by atoms with Crippen LogP contribution in [-0.2, 0) is 4.74 Å². The van der Waals surface area contributed by atoms with Crippen LogP contribution < -0.4 is 5.43 Å². The third kappa shape index (κ3) is 4.53. The van der Waals surface area contributed by atoms with Crippen molar-refractivity contribution in [3.63, 3.8) is 0 Å². The van der Waals surface area contributed by atoms with Gasteiger partial charge in [0.15, 0.2) is 11.0 Å². The van der Waals surface area contributed by atoms with E-state index in [9.17, 15) is 45.6 Å². The van der Waals surface area contributed by atoms with Gasteiger partial charge in [0.1, 0.15) is 64.7 Å². The van der Waals surface area contributed by atoms with E-state index in [1.807, 2.05) is 0 Å². The van der Waals surface area contributed by atoms with Crippen molar-refractivity contribution in [3.8, 4) is 34.3 Å². The van der Waals surface area contributed by atoms with E-state index in [1.165, 1.54) is 36.4 Å². The predicted molar refractivity (Wildman–Crippen MR) is 141 cm³/mol. The Morgan fingerprint density at radius 2 is 1.43 bits per heavy atom. The minimum absolute atomic E-state index is 0.00136. The van der Waals surface area contributed by atoms with Crippen LogP contribution in [0.2, 0.25) is 0 Å². The van der Waals surface area contributed by atoms with E-state index in [1.54, 1.807) is 19.1 Å². The number of hydrogen-bond donors (Lipinski definition) is 8. The summed E-state index contributed by atoms with van der Waals surface area (Å²) in [5, 5.41) is 83.4. The Hall–Kier alpha value is -4.13. The van der Waals surface area contributed by atoms with Gasteiger partial charge in [-0.2, -0.15) is 0 Å². The standard InChI is InChI=1S/C29H28O11/c1-12(13-2-6-15(31)7-3-13)20-24(35)21-17(33)10-18(14-4-8-16(32)9-5-14)39-28(21)22(25(20)36)29-27(38)26(37)23(34)19(11-30)40-29/h2-10,12,19,23,26-27,29-32,34-38H,11H2,1H3/t12-,19+,23-,26-,27+,29-/m0/s1. The van der Waals surface area contributed by atoms with Crippen LogP contribution in [0.3, 0.4) is 0 Å². The summed E-state index contributed by atoms with van der Waals surface area (Å²) in [4.78, 5) is 13.5. The highest BCUT2D eigenvalue weighted by molar-refractivity contribution is 5.92. The fourth-order valence-electron chi connectivity index (χ4n) is 5.12. The van der Waals surface area contributed by atoms with Gasteiger partial charge in [0.2, 0.25) is 0 Å². The van der Waals surface area contributed by atoms with Crippen molar-refractivity contribution in [1.29, 1.82) is 0 Å². The van der Waals surface area contributed by atoms with E-state index in [-0.39, 0.29) is 39.4 Å². The predicted octanol–water partition coefficient (Wildman–Crippen LogP) is 1.95. The highest BCUT2D eigenvalue weighted by atomic mass is 16.5. The Balaban J connectivity index is 1.82. The lowest BCUT2D eigenvalue weighted by Crippen LogP contribution is -2.55. The van der Waals surface area contributed by atoms with Crippen LogP contribution in [0.5, 0.6) is 23.0 Å². The van der Waals surface area contributed by atoms with Gasteiger partial charge in [-0.25, -0.2) is 0 Å². The molecule has 1 fully saturated rings. The number of fused-ring (bicyclic) bond motifs is 1.